The van der Waals surface area contributed by atoms with Gasteiger partial charge in [-0.3, -0.25) is 0 Å². The molecule has 2 aliphatic rings. The monoisotopic (exact) mass is 271 g/mol. The van der Waals surface area contributed by atoms with Crippen LogP contribution in [0.15, 0.2) is 29.8 Å². The first kappa shape index (κ1) is 13.8. The van der Waals surface area contributed by atoms with Crippen LogP contribution in [0.3, 0.4) is 0 Å². The summed E-state index contributed by atoms with van der Waals surface area (Å²) in [5, 5.41) is 3.41. The van der Waals surface area contributed by atoms with Crippen LogP contribution in [0.4, 0.5) is 0 Å². The van der Waals surface area contributed by atoms with E-state index < -0.39 is 0 Å². The van der Waals surface area contributed by atoms with Gasteiger partial charge >= 0.3 is 0 Å². The summed E-state index contributed by atoms with van der Waals surface area (Å²) in [5.74, 6) is 0. The van der Waals surface area contributed by atoms with Crippen molar-refractivity contribution in [3.05, 3.63) is 41.0 Å². The highest BCUT2D eigenvalue weighted by molar-refractivity contribution is 5.78. The summed E-state index contributed by atoms with van der Waals surface area (Å²) in [6, 6.07) is 8.86. The summed E-state index contributed by atoms with van der Waals surface area (Å²) >= 11 is 0. The van der Waals surface area contributed by atoms with E-state index in [1.165, 1.54) is 17.5 Å². The zero-order valence-corrected chi connectivity index (χ0v) is 12.7. The molecule has 0 radical (unpaired) electrons. The Morgan fingerprint density at radius 1 is 1.30 bits per heavy atom. The van der Waals surface area contributed by atoms with Crippen molar-refractivity contribution in [3.8, 4) is 0 Å². The molecule has 0 saturated carbocycles. The molecule has 0 fully saturated rings. The van der Waals surface area contributed by atoms with Crippen LogP contribution < -0.4 is 5.32 Å². The molecular formula is C18H25NO. The van der Waals surface area contributed by atoms with Crippen molar-refractivity contribution >= 4 is 5.57 Å². The van der Waals surface area contributed by atoms with Gasteiger partial charge in [-0.05, 0) is 68.0 Å². The number of benzene rings is 1. The van der Waals surface area contributed by atoms with Crippen LogP contribution in [0.1, 0.15) is 44.2 Å². The molecule has 0 amide bonds. The molecule has 0 aromatic heterocycles. The predicted octanol–water partition coefficient (Wildman–Crippen LogP) is 3.57. The molecule has 2 nitrogen and oxygen atoms in total. The van der Waals surface area contributed by atoms with Gasteiger partial charge in [0.25, 0.3) is 0 Å². The third-order valence-electron chi connectivity index (χ3n) is 4.74. The molecule has 1 aromatic rings. The molecule has 1 unspecified atom stereocenters. The predicted molar refractivity (Wildman–Crippen MR) is 83.8 cm³/mol. The van der Waals surface area contributed by atoms with Crippen molar-refractivity contribution in [2.24, 2.45) is 0 Å². The van der Waals surface area contributed by atoms with Crippen LogP contribution in [0.25, 0.3) is 5.57 Å². The lowest BCUT2D eigenvalue weighted by Crippen LogP contribution is -2.36. The normalized spacial score (nSPS) is 24.7. The van der Waals surface area contributed by atoms with Gasteiger partial charge in [0.2, 0.25) is 0 Å². The van der Waals surface area contributed by atoms with E-state index in [-0.39, 0.29) is 5.60 Å². The molecule has 0 spiro atoms. The summed E-state index contributed by atoms with van der Waals surface area (Å²) in [6.45, 7) is 7.46. The van der Waals surface area contributed by atoms with E-state index in [1.54, 1.807) is 11.1 Å². The van der Waals surface area contributed by atoms with Crippen molar-refractivity contribution in [1.29, 1.82) is 0 Å². The summed E-state index contributed by atoms with van der Waals surface area (Å²) in [6.07, 6.45) is 4.46. The van der Waals surface area contributed by atoms with Gasteiger partial charge in [0.1, 0.15) is 0 Å². The van der Waals surface area contributed by atoms with E-state index >= 15 is 0 Å². The molecule has 20 heavy (non-hydrogen) atoms. The second-order valence-electron chi connectivity index (χ2n) is 6.08. The van der Waals surface area contributed by atoms with Crippen molar-refractivity contribution < 1.29 is 4.74 Å². The maximum atomic E-state index is 6.21. The Morgan fingerprint density at radius 2 is 2.15 bits per heavy atom. The molecule has 1 aliphatic heterocycles. The van der Waals surface area contributed by atoms with E-state index in [9.17, 15) is 0 Å². The second kappa shape index (κ2) is 5.71. The highest BCUT2D eigenvalue weighted by Crippen LogP contribution is 2.45. The number of hydrogen-bond donors (Lipinski definition) is 1. The molecule has 0 saturated heterocycles. The van der Waals surface area contributed by atoms with E-state index in [2.05, 4.69) is 43.4 Å². The van der Waals surface area contributed by atoms with Gasteiger partial charge in [0, 0.05) is 0 Å². The van der Waals surface area contributed by atoms with Crippen LogP contribution >= 0.6 is 0 Å². The van der Waals surface area contributed by atoms with Gasteiger partial charge in [-0.15, -0.1) is 0 Å². The van der Waals surface area contributed by atoms with E-state index in [0.717, 1.165) is 39.0 Å². The van der Waals surface area contributed by atoms with Gasteiger partial charge in [0.05, 0.1) is 12.2 Å². The smallest absolute Gasteiger partial charge is 0.0873 e. The van der Waals surface area contributed by atoms with Gasteiger partial charge in [-0.25, -0.2) is 0 Å². The zero-order valence-electron chi connectivity index (χ0n) is 12.7. The molecule has 1 N–H and O–H groups in total. The average molecular weight is 271 g/mol. The van der Waals surface area contributed by atoms with E-state index in [1.807, 2.05) is 0 Å². The van der Waals surface area contributed by atoms with Crippen LogP contribution in [-0.4, -0.2) is 25.3 Å². The first-order valence-electron chi connectivity index (χ1n) is 7.90. The lowest BCUT2D eigenvalue weighted by Gasteiger charge is -2.36. The summed E-state index contributed by atoms with van der Waals surface area (Å²) in [7, 11) is 0. The number of fused-ring (bicyclic) bond motifs is 2. The number of nitrogens with one attached hydrogen (secondary N) is 1. The maximum Gasteiger partial charge on any atom is 0.0873 e. The third-order valence-corrected chi connectivity index (χ3v) is 4.74. The van der Waals surface area contributed by atoms with Crippen LogP contribution in [0, 0.1) is 0 Å². The Kier molecular flexibility index (Phi) is 3.95. The summed E-state index contributed by atoms with van der Waals surface area (Å²) in [4.78, 5) is 0. The molecule has 1 heterocycles. The second-order valence-corrected chi connectivity index (χ2v) is 6.08. The Hall–Kier alpha value is -1.12. The SMILES string of the molecule is CCNCCCC1(C)OCCC2=C1Cc1ccccc12. The van der Waals surface area contributed by atoms with Crippen LogP contribution in [-0.2, 0) is 11.2 Å². The first-order valence-corrected chi connectivity index (χ1v) is 7.90. The zero-order chi connectivity index (χ0) is 14.0. The fourth-order valence-electron chi connectivity index (χ4n) is 3.64. The van der Waals surface area contributed by atoms with Crippen molar-refractivity contribution in [2.45, 2.75) is 45.1 Å². The van der Waals surface area contributed by atoms with Crippen LogP contribution in [0.5, 0.6) is 0 Å². The highest BCUT2D eigenvalue weighted by atomic mass is 16.5. The fourth-order valence-corrected chi connectivity index (χ4v) is 3.64. The Bertz CT molecular complexity index is 520. The third kappa shape index (κ3) is 2.43. The van der Waals surface area contributed by atoms with E-state index in [0.29, 0.717) is 0 Å². The molecule has 108 valence electrons. The van der Waals surface area contributed by atoms with Gasteiger partial charge in [-0.1, -0.05) is 31.2 Å². The van der Waals surface area contributed by atoms with Gasteiger partial charge in [-0.2, -0.15) is 0 Å². The summed E-state index contributed by atoms with van der Waals surface area (Å²) < 4.78 is 6.21. The topological polar surface area (TPSA) is 21.3 Å². The minimum Gasteiger partial charge on any atom is -0.371 e. The Morgan fingerprint density at radius 3 is 3.00 bits per heavy atom. The van der Waals surface area contributed by atoms with Crippen molar-refractivity contribution in [1.82, 2.24) is 5.32 Å². The molecule has 1 aliphatic carbocycles. The minimum absolute atomic E-state index is 0.0535. The van der Waals surface area contributed by atoms with Crippen molar-refractivity contribution in [2.75, 3.05) is 19.7 Å². The number of ether oxygens (including phenoxy) is 1. The highest BCUT2D eigenvalue weighted by Gasteiger charge is 2.38. The van der Waals surface area contributed by atoms with Gasteiger partial charge in [0.15, 0.2) is 0 Å². The molecule has 3 rings (SSSR count). The Balaban J connectivity index is 1.79. The lowest BCUT2D eigenvalue weighted by atomic mass is 9.84. The first-order chi connectivity index (χ1) is 9.74. The molecule has 1 atom stereocenters. The molecule has 1 aromatic carbocycles. The number of hydrogen-bond acceptors (Lipinski definition) is 2. The molecule has 0 bridgehead atoms. The van der Waals surface area contributed by atoms with Crippen molar-refractivity contribution in [3.63, 3.8) is 0 Å². The molecular weight excluding hydrogens is 246 g/mol. The Labute approximate surface area is 122 Å². The quantitative estimate of drug-likeness (QED) is 0.827. The largest absolute Gasteiger partial charge is 0.371 e. The standard InChI is InChI=1S/C18H25NO/c1-3-19-11-6-10-18(2)17-13-14-7-4-5-8-15(14)16(17)9-12-20-18/h4-5,7-8,19H,3,6,9-13H2,1-2H3. The summed E-state index contributed by atoms with van der Waals surface area (Å²) in [5.41, 5.74) is 6.02. The molecule has 2 heteroatoms. The average Bonchev–Trinajstić information content (AvgIpc) is 2.85. The fraction of sp³-hybridized carbons (Fsp3) is 0.556. The number of rotatable bonds is 5. The van der Waals surface area contributed by atoms with Gasteiger partial charge < -0.3 is 10.1 Å². The van der Waals surface area contributed by atoms with Crippen LogP contribution in [0.2, 0.25) is 0 Å². The lowest BCUT2D eigenvalue weighted by molar-refractivity contribution is -0.0156. The maximum absolute atomic E-state index is 6.21. The van der Waals surface area contributed by atoms with E-state index in [4.69, 9.17) is 4.74 Å². The minimum atomic E-state index is -0.0535.